The fraction of sp³-hybridized carbons (Fsp3) is 0.0769. The number of ether oxygens (including phenoxy) is 1. The Morgan fingerprint density at radius 2 is 2.21 bits per heavy atom. The van der Waals surface area contributed by atoms with E-state index in [2.05, 4.69) is 10.3 Å². The van der Waals surface area contributed by atoms with Gasteiger partial charge in [-0.25, -0.2) is 9.37 Å². The van der Waals surface area contributed by atoms with Crippen LogP contribution in [0.4, 0.5) is 15.9 Å². The fourth-order valence-electron chi connectivity index (χ4n) is 1.53. The van der Waals surface area contributed by atoms with E-state index in [9.17, 15) is 9.18 Å². The molecule has 2 aromatic rings. The van der Waals surface area contributed by atoms with Gasteiger partial charge in [-0.3, -0.25) is 4.79 Å². The molecule has 0 atom stereocenters. The van der Waals surface area contributed by atoms with E-state index < -0.39 is 11.7 Å². The van der Waals surface area contributed by atoms with E-state index in [0.717, 1.165) is 12.3 Å². The summed E-state index contributed by atoms with van der Waals surface area (Å²) in [5, 5.41) is 2.60. The number of benzene rings is 1. The molecule has 0 aliphatic heterocycles. The van der Waals surface area contributed by atoms with E-state index >= 15 is 0 Å². The Labute approximate surface area is 109 Å². The van der Waals surface area contributed by atoms with Crippen molar-refractivity contribution in [3.8, 4) is 5.75 Å². The Bertz CT molecular complexity index is 617. The van der Waals surface area contributed by atoms with Gasteiger partial charge in [0.1, 0.15) is 17.4 Å². The van der Waals surface area contributed by atoms with Gasteiger partial charge in [0.15, 0.2) is 0 Å². The second-order valence-electron chi connectivity index (χ2n) is 3.77. The van der Waals surface area contributed by atoms with Crippen molar-refractivity contribution >= 4 is 17.4 Å². The third-order valence-electron chi connectivity index (χ3n) is 2.46. The van der Waals surface area contributed by atoms with Gasteiger partial charge >= 0.3 is 0 Å². The molecule has 0 bridgehead atoms. The minimum absolute atomic E-state index is 0.0113. The average Bonchev–Trinajstić information content (AvgIpc) is 2.41. The highest BCUT2D eigenvalue weighted by molar-refractivity contribution is 6.07. The number of pyridine rings is 1. The lowest BCUT2D eigenvalue weighted by Gasteiger charge is -2.08. The fourth-order valence-corrected chi connectivity index (χ4v) is 1.53. The molecule has 0 saturated heterocycles. The summed E-state index contributed by atoms with van der Waals surface area (Å²) in [7, 11) is 1.52. The minimum atomic E-state index is -0.620. The summed E-state index contributed by atoms with van der Waals surface area (Å²) in [5.41, 5.74) is 6.05. The zero-order chi connectivity index (χ0) is 13.8. The van der Waals surface area contributed by atoms with Gasteiger partial charge < -0.3 is 15.8 Å². The van der Waals surface area contributed by atoms with Crippen LogP contribution in [0.1, 0.15) is 10.4 Å². The molecular formula is C13H12FN3O2. The molecule has 1 amide bonds. The molecule has 5 nitrogen and oxygen atoms in total. The van der Waals surface area contributed by atoms with Crippen molar-refractivity contribution in [1.82, 2.24) is 4.98 Å². The highest BCUT2D eigenvalue weighted by Crippen LogP contribution is 2.18. The molecule has 1 aromatic carbocycles. The number of nitrogens with two attached hydrogens (primary N) is 1. The summed E-state index contributed by atoms with van der Waals surface area (Å²) in [6, 6.07) is 7.83. The Hall–Kier alpha value is -2.63. The monoisotopic (exact) mass is 261 g/mol. The molecule has 0 saturated carbocycles. The first kappa shape index (κ1) is 12.8. The molecule has 3 N–H and O–H groups in total. The minimum Gasteiger partial charge on any atom is -0.497 e. The molecule has 0 radical (unpaired) electrons. The number of amides is 1. The SMILES string of the molecule is COc1cccc(NC(=O)c2cc(F)cnc2N)c1. The second-order valence-corrected chi connectivity index (χ2v) is 3.77. The van der Waals surface area contributed by atoms with E-state index in [1.807, 2.05) is 0 Å². The molecule has 0 spiro atoms. The second kappa shape index (κ2) is 5.34. The van der Waals surface area contributed by atoms with Crippen molar-refractivity contribution in [3.05, 3.63) is 47.9 Å². The lowest BCUT2D eigenvalue weighted by molar-refractivity contribution is 0.102. The summed E-state index contributed by atoms with van der Waals surface area (Å²) in [4.78, 5) is 15.5. The van der Waals surface area contributed by atoms with Gasteiger partial charge in [0, 0.05) is 11.8 Å². The molecule has 6 heteroatoms. The molecule has 1 aromatic heterocycles. The number of nitrogens with one attached hydrogen (secondary N) is 1. The summed E-state index contributed by atoms with van der Waals surface area (Å²) in [5.74, 6) is -0.576. The van der Waals surface area contributed by atoms with Crippen molar-refractivity contribution in [2.24, 2.45) is 0 Å². The summed E-state index contributed by atoms with van der Waals surface area (Å²) in [6.45, 7) is 0. The van der Waals surface area contributed by atoms with Crippen LogP contribution in [0.3, 0.4) is 0 Å². The average molecular weight is 261 g/mol. The zero-order valence-electron chi connectivity index (χ0n) is 10.2. The van der Waals surface area contributed by atoms with Crippen molar-refractivity contribution in [3.63, 3.8) is 0 Å². The highest BCUT2D eigenvalue weighted by Gasteiger charge is 2.12. The van der Waals surface area contributed by atoms with Gasteiger partial charge in [-0.2, -0.15) is 0 Å². The number of nitrogen functional groups attached to an aromatic ring is 1. The maximum atomic E-state index is 13.0. The van der Waals surface area contributed by atoms with Crippen LogP contribution >= 0.6 is 0 Å². The van der Waals surface area contributed by atoms with Gasteiger partial charge in [-0.05, 0) is 18.2 Å². The Balaban J connectivity index is 2.23. The third kappa shape index (κ3) is 2.98. The number of aromatic nitrogens is 1. The maximum absolute atomic E-state index is 13.0. The van der Waals surface area contributed by atoms with Crippen LogP contribution in [-0.2, 0) is 0 Å². The summed E-state index contributed by atoms with van der Waals surface area (Å²) in [6.07, 6.45) is 0.956. The standard InChI is InChI=1S/C13H12FN3O2/c1-19-10-4-2-3-9(6-10)17-13(18)11-5-8(14)7-16-12(11)15/h2-7H,1H3,(H2,15,16)(H,17,18). The molecule has 0 fully saturated rings. The molecule has 0 unspecified atom stereocenters. The first-order chi connectivity index (χ1) is 9.10. The van der Waals surface area contributed by atoms with Crippen molar-refractivity contribution in [2.75, 3.05) is 18.2 Å². The molecule has 0 aliphatic rings. The van der Waals surface area contributed by atoms with Crippen LogP contribution in [0, 0.1) is 5.82 Å². The molecule has 19 heavy (non-hydrogen) atoms. The Kier molecular flexibility index (Phi) is 3.61. The van der Waals surface area contributed by atoms with Crippen molar-refractivity contribution < 1.29 is 13.9 Å². The molecule has 2 rings (SSSR count). The first-order valence-electron chi connectivity index (χ1n) is 5.46. The largest absolute Gasteiger partial charge is 0.497 e. The lowest BCUT2D eigenvalue weighted by Crippen LogP contribution is -2.15. The number of hydrogen-bond acceptors (Lipinski definition) is 4. The predicted octanol–water partition coefficient (Wildman–Crippen LogP) is 2.06. The van der Waals surface area contributed by atoms with Crippen LogP contribution in [0.2, 0.25) is 0 Å². The number of nitrogens with zero attached hydrogens (tertiary/aromatic N) is 1. The van der Waals surface area contributed by atoms with Crippen LogP contribution in [-0.4, -0.2) is 18.0 Å². The number of halogens is 1. The number of methoxy groups -OCH3 is 1. The normalized spacial score (nSPS) is 10.0. The first-order valence-corrected chi connectivity index (χ1v) is 5.46. The number of carbonyl (C=O) groups excluding carboxylic acids is 1. The van der Waals surface area contributed by atoms with E-state index in [-0.39, 0.29) is 11.4 Å². The smallest absolute Gasteiger partial charge is 0.259 e. The van der Waals surface area contributed by atoms with E-state index in [1.54, 1.807) is 24.3 Å². The van der Waals surface area contributed by atoms with Gasteiger partial charge in [0.05, 0.1) is 18.9 Å². The highest BCUT2D eigenvalue weighted by atomic mass is 19.1. The van der Waals surface area contributed by atoms with Crippen LogP contribution in [0.15, 0.2) is 36.5 Å². The zero-order valence-corrected chi connectivity index (χ0v) is 10.2. The maximum Gasteiger partial charge on any atom is 0.259 e. The molecular weight excluding hydrogens is 249 g/mol. The quantitative estimate of drug-likeness (QED) is 0.886. The third-order valence-corrected chi connectivity index (χ3v) is 2.46. The Morgan fingerprint density at radius 1 is 1.42 bits per heavy atom. The molecule has 0 aliphatic carbocycles. The van der Waals surface area contributed by atoms with Gasteiger partial charge in [0.25, 0.3) is 5.91 Å². The van der Waals surface area contributed by atoms with E-state index in [1.165, 1.54) is 7.11 Å². The topological polar surface area (TPSA) is 77.2 Å². The van der Waals surface area contributed by atoms with E-state index in [4.69, 9.17) is 10.5 Å². The predicted molar refractivity (Wildman–Crippen MR) is 69.6 cm³/mol. The number of rotatable bonds is 3. The van der Waals surface area contributed by atoms with Crippen molar-refractivity contribution in [2.45, 2.75) is 0 Å². The van der Waals surface area contributed by atoms with Crippen LogP contribution in [0.5, 0.6) is 5.75 Å². The number of carbonyl (C=O) groups is 1. The lowest BCUT2D eigenvalue weighted by atomic mass is 10.2. The Morgan fingerprint density at radius 3 is 2.95 bits per heavy atom. The van der Waals surface area contributed by atoms with Crippen LogP contribution < -0.4 is 15.8 Å². The van der Waals surface area contributed by atoms with Gasteiger partial charge in [0.2, 0.25) is 0 Å². The van der Waals surface area contributed by atoms with Gasteiger partial charge in [-0.1, -0.05) is 6.07 Å². The summed E-state index contributed by atoms with van der Waals surface area (Å²) >= 11 is 0. The van der Waals surface area contributed by atoms with Gasteiger partial charge in [-0.15, -0.1) is 0 Å². The number of hydrogen-bond donors (Lipinski definition) is 2. The van der Waals surface area contributed by atoms with Crippen LogP contribution in [0.25, 0.3) is 0 Å². The number of anilines is 2. The molecule has 1 heterocycles. The van der Waals surface area contributed by atoms with E-state index in [0.29, 0.717) is 11.4 Å². The summed E-state index contributed by atoms with van der Waals surface area (Å²) < 4.78 is 18.1. The van der Waals surface area contributed by atoms with Crippen molar-refractivity contribution in [1.29, 1.82) is 0 Å². The molecule has 98 valence electrons.